The smallest absolute Gasteiger partial charge is 0.156 e. The maximum atomic E-state index is 9.20. The Morgan fingerprint density at radius 1 is 1.43 bits per heavy atom. The topological polar surface area (TPSA) is 67.6 Å². The summed E-state index contributed by atoms with van der Waals surface area (Å²) in [4.78, 5) is 4.57. The first-order chi connectivity index (χ1) is 10.2. The summed E-state index contributed by atoms with van der Waals surface area (Å²) in [7, 11) is 0. The van der Waals surface area contributed by atoms with E-state index in [4.69, 9.17) is 16.1 Å². The molecule has 3 aromatic rings. The highest BCUT2D eigenvalue weighted by Gasteiger charge is 2.15. The van der Waals surface area contributed by atoms with Gasteiger partial charge in [0.2, 0.25) is 0 Å². The lowest BCUT2D eigenvalue weighted by Gasteiger charge is -2.05. The van der Waals surface area contributed by atoms with E-state index in [9.17, 15) is 5.26 Å². The molecule has 0 saturated heterocycles. The van der Waals surface area contributed by atoms with Crippen molar-refractivity contribution in [3.63, 3.8) is 0 Å². The molecular formula is C15H13ClN4O. The molecule has 2 aromatic heterocycles. The standard InChI is InChI=1S/C15H13ClN4O/c1-10-7-12(21-19-10)9-20-13-4-2-3-11(8-17)15(13)18-14(20)5-6-16/h2-4,7H,5-6,9H2,1H3. The lowest BCUT2D eigenvalue weighted by Crippen LogP contribution is -2.05. The first kappa shape index (κ1) is 13.7. The van der Waals surface area contributed by atoms with Crippen LogP contribution in [0.15, 0.2) is 28.8 Å². The summed E-state index contributed by atoms with van der Waals surface area (Å²) in [6.07, 6.45) is 0.633. The maximum Gasteiger partial charge on any atom is 0.156 e. The molecule has 0 saturated carbocycles. The van der Waals surface area contributed by atoms with Crippen molar-refractivity contribution < 1.29 is 4.52 Å². The van der Waals surface area contributed by atoms with E-state index in [2.05, 4.69) is 16.2 Å². The van der Waals surface area contributed by atoms with Crippen molar-refractivity contribution in [2.75, 3.05) is 5.88 Å². The molecule has 0 aliphatic heterocycles. The van der Waals surface area contributed by atoms with Gasteiger partial charge in [0.15, 0.2) is 5.76 Å². The van der Waals surface area contributed by atoms with Crippen LogP contribution in [-0.2, 0) is 13.0 Å². The maximum absolute atomic E-state index is 9.20. The summed E-state index contributed by atoms with van der Waals surface area (Å²) < 4.78 is 7.31. The number of benzene rings is 1. The van der Waals surface area contributed by atoms with Gasteiger partial charge < -0.3 is 9.09 Å². The number of imidazole rings is 1. The Morgan fingerprint density at radius 3 is 2.95 bits per heavy atom. The van der Waals surface area contributed by atoms with Crippen molar-refractivity contribution in [3.05, 3.63) is 47.1 Å². The summed E-state index contributed by atoms with van der Waals surface area (Å²) in [6, 6.07) is 9.64. The predicted octanol–water partition coefficient (Wildman–Crippen LogP) is 3.03. The molecule has 5 nitrogen and oxygen atoms in total. The number of alkyl halides is 1. The van der Waals surface area contributed by atoms with Crippen LogP contribution < -0.4 is 0 Å². The van der Waals surface area contributed by atoms with Crippen LogP contribution in [0.5, 0.6) is 0 Å². The van der Waals surface area contributed by atoms with E-state index in [1.165, 1.54) is 0 Å². The molecule has 6 heteroatoms. The summed E-state index contributed by atoms with van der Waals surface area (Å²) in [5, 5.41) is 13.1. The minimum atomic E-state index is 0.473. The summed E-state index contributed by atoms with van der Waals surface area (Å²) >= 11 is 5.86. The summed E-state index contributed by atoms with van der Waals surface area (Å²) in [5.41, 5.74) is 3.02. The van der Waals surface area contributed by atoms with Crippen molar-refractivity contribution in [1.82, 2.24) is 14.7 Å². The molecule has 0 aliphatic carbocycles. The number of aryl methyl sites for hydroxylation is 2. The molecule has 0 fully saturated rings. The molecule has 0 aliphatic rings. The van der Waals surface area contributed by atoms with Crippen LogP contribution in [0, 0.1) is 18.3 Å². The molecule has 0 bridgehead atoms. The minimum Gasteiger partial charge on any atom is -0.359 e. The van der Waals surface area contributed by atoms with Gasteiger partial charge in [-0.05, 0) is 19.1 Å². The molecule has 0 N–H and O–H groups in total. The Hall–Kier alpha value is -2.32. The van der Waals surface area contributed by atoms with Gasteiger partial charge in [-0.15, -0.1) is 11.6 Å². The van der Waals surface area contributed by atoms with Gasteiger partial charge in [-0.2, -0.15) is 5.26 Å². The molecule has 2 heterocycles. The van der Waals surface area contributed by atoms with Gasteiger partial charge >= 0.3 is 0 Å². The second-order valence-corrected chi connectivity index (χ2v) is 5.15. The highest BCUT2D eigenvalue weighted by atomic mass is 35.5. The van der Waals surface area contributed by atoms with Crippen molar-refractivity contribution in [2.24, 2.45) is 0 Å². The van der Waals surface area contributed by atoms with E-state index >= 15 is 0 Å². The molecule has 106 valence electrons. The zero-order chi connectivity index (χ0) is 14.8. The highest BCUT2D eigenvalue weighted by Crippen LogP contribution is 2.22. The molecule has 1 aromatic carbocycles. The quantitative estimate of drug-likeness (QED) is 0.695. The van der Waals surface area contributed by atoms with Crippen LogP contribution in [0.25, 0.3) is 11.0 Å². The molecule has 0 unspecified atom stereocenters. The number of aromatic nitrogens is 3. The van der Waals surface area contributed by atoms with Crippen LogP contribution in [0.4, 0.5) is 0 Å². The largest absolute Gasteiger partial charge is 0.359 e. The lowest BCUT2D eigenvalue weighted by molar-refractivity contribution is 0.373. The highest BCUT2D eigenvalue weighted by molar-refractivity contribution is 6.17. The average Bonchev–Trinajstić information content (AvgIpc) is 3.04. The fourth-order valence-electron chi connectivity index (χ4n) is 2.38. The Balaban J connectivity index is 2.14. The number of fused-ring (bicyclic) bond motifs is 1. The third kappa shape index (κ3) is 2.50. The van der Waals surface area contributed by atoms with Crippen LogP contribution in [0.3, 0.4) is 0 Å². The number of para-hydroxylation sites is 1. The monoisotopic (exact) mass is 300 g/mol. The van der Waals surface area contributed by atoms with E-state index in [-0.39, 0.29) is 0 Å². The first-order valence-electron chi connectivity index (χ1n) is 6.59. The van der Waals surface area contributed by atoms with E-state index in [1.807, 2.05) is 29.7 Å². The van der Waals surface area contributed by atoms with Crippen LogP contribution in [0.2, 0.25) is 0 Å². The number of rotatable bonds is 4. The third-order valence-corrected chi connectivity index (χ3v) is 3.48. The molecule has 0 spiro atoms. The molecule has 3 rings (SSSR count). The molecule has 0 radical (unpaired) electrons. The number of hydrogen-bond acceptors (Lipinski definition) is 4. The summed E-state index contributed by atoms with van der Waals surface area (Å²) in [6.45, 7) is 2.41. The van der Waals surface area contributed by atoms with Crippen molar-refractivity contribution in [1.29, 1.82) is 5.26 Å². The summed E-state index contributed by atoms with van der Waals surface area (Å²) in [5.74, 6) is 2.07. The van der Waals surface area contributed by atoms with Gasteiger partial charge in [0.25, 0.3) is 0 Å². The van der Waals surface area contributed by atoms with E-state index in [0.29, 0.717) is 29.9 Å². The fraction of sp³-hybridized carbons (Fsp3) is 0.267. The van der Waals surface area contributed by atoms with Gasteiger partial charge in [-0.25, -0.2) is 4.98 Å². The normalized spacial score (nSPS) is 10.9. The van der Waals surface area contributed by atoms with E-state index in [1.54, 1.807) is 6.07 Å². The molecule has 21 heavy (non-hydrogen) atoms. The number of nitrogens with zero attached hydrogens (tertiary/aromatic N) is 4. The molecular weight excluding hydrogens is 288 g/mol. The van der Waals surface area contributed by atoms with Crippen LogP contribution >= 0.6 is 11.6 Å². The predicted molar refractivity (Wildman–Crippen MR) is 79.2 cm³/mol. The fourth-order valence-corrected chi connectivity index (χ4v) is 2.55. The number of nitriles is 1. The van der Waals surface area contributed by atoms with Gasteiger partial charge in [0.1, 0.15) is 17.4 Å². The number of halogens is 1. The Labute approximate surface area is 126 Å². The number of hydrogen-bond donors (Lipinski definition) is 0. The van der Waals surface area contributed by atoms with Crippen molar-refractivity contribution in [2.45, 2.75) is 19.9 Å². The van der Waals surface area contributed by atoms with E-state index < -0.39 is 0 Å². The minimum absolute atomic E-state index is 0.473. The molecule has 0 atom stereocenters. The zero-order valence-electron chi connectivity index (χ0n) is 11.5. The van der Waals surface area contributed by atoms with Gasteiger partial charge in [0, 0.05) is 18.4 Å². The molecule has 0 amide bonds. The Kier molecular flexibility index (Phi) is 3.63. The lowest BCUT2D eigenvalue weighted by atomic mass is 10.2. The average molecular weight is 301 g/mol. The van der Waals surface area contributed by atoms with Gasteiger partial charge in [-0.1, -0.05) is 11.2 Å². The van der Waals surface area contributed by atoms with Crippen molar-refractivity contribution >= 4 is 22.6 Å². The second kappa shape index (κ2) is 5.58. The van der Waals surface area contributed by atoms with Crippen LogP contribution in [-0.4, -0.2) is 20.6 Å². The van der Waals surface area contributed by atoms with E-state index in [0.717, 1.165) is 22.8 Å². The Bertz CT molecular complexity index is 828. The SMILES string of the molecule is Cc1cc(Cn2c(CCCl)nc3c(C#N)cccc32)on1. The second-order valence-electron chi connectivity index (χ2n) is 4.77. The first-order valence-corrected chi connectivity index (χ1v) is 7.12. The van der Waals surface area contributed by atoms with Gasteiger partial charge in [0.05, 0.1) is 23.3 Å². The zero-order valence-corrected chi connectivity index (χ0v) is 12.3. The Morgan fingerprint density at radius 2 is 2.29 bits per heavy atom. The third-order valence-electron chi connectivity index (χ3n) is 3.29. The van der Waals surface area contributed by atoms with Gasteiger partial charge in [-0.3, -0.25) is 0 Å². The van der Waals surface area contributed by atoms with Crippen molar-refractivity contribution in [3.8, 4) is 6.07 Å². The van der Waals surface area contributed by atoms with Crippen LogP contribution in [0.1, 0.15) is 22.8 Å².